The number of hydrogen-bond donors (Lipinski definition) is 1. The first-order valence-electron chi connectivity index (χ1n) is 7.78. The number of ether oxygens (including phenoxy) is 1. The molecule has 6 nitrogen and oxygen atoms in total. The number of morpholine rings is 1. The van der Waals surface area contributed by atoms with Crippen molar-refractivity contribution in [1.82, 2.24) is 9.62 Å². The number of nitriles is 1. The van der Waals surface area contributed by atoms with Crippen molar-refractivity contribution >= 4 is 10.0 Å². The van der Waals surface area contributed by atoms with Gasteiger partial charge in [-0.1, -0.05) is 6.07 Å². The van der Waals surface area contributed by atoms with Gasteiger partial charge in [-0.15, -0.1) is 0 Å². The van der Waals surface area contributed by atoms with Gasteiger partial charge in [-0.2, -0.15) is 5.26 Å². The number of nitrogens with one attached hydrogen (secondary N) is 1. The van der Waals surface area contributed by atoms with Gasteiger partial charge in [0, 0.05) is 19.6 Å². The van der Waals surface area contributed by atoms with Gasteiger partial charge in [0.15, 0.2) is 0 Å². The van der Waals surface area contributed by atoms with Crippen molar-refractivity contribution in [1.29, 1.82) is 5.26 Å². The van der Waals surface area contributed by atoms with E-state index in [1.807, 2.05) is 19.9 Å². The molecule has 1 N–H and O–H groups in total. The summed E-state index contributed by atoms with van der Waals surface area (Å²) in [6.45, 7) is 7.06. The molecule has 2 unspecified atom stereocenters. The van der Waals surface area contributed by atoms with Gasteiger partial charge >= 0.3 is 0 Å². The number of sulfonamides is 1. The molecule has 1 aromatic rings. The van der Waals surface area contributed by atoms with E-state index in [4.69, 9.17) is 10.00 Å². The maximum atomic E-state index is 12.2. The van der Waals surface area contributed by atoms with Crippen molar-refractivity contribution in [2.45, 2.75) is 37.4 Å². The average molecular weight is 337 g/mol. The molecule has 23 heavy (non-hydrogen) atoms. The summed E-state index contributed by atoms with van der Waals surface area (Å²) >= 11 is 0. The van der Waals surface area contributed by atoms with E-state index >= 15 is 0 Å². The highest BCUT2D eigenvalue weighted by atomic mass is 32.2. The van der Waals surface area contributed by atoms with Crippen LogP contribution in [0.4, 0.5) is 0 Å². The van der Waals surface area contributed by atoms with E-state index in [9.17, 15) is 8.42 Å². The second-order valence-corrected chi connectivity index (χ2v) is 7.67. The van der Waals surface area contributed by atoms with E-state index in [0.717, 1.165) is 26.1 Å². The Balaban J connectivity index is 1.82. The summed E-state index contributed by atoms with van der Waals surface area (Å²) < 4.78 is 32.7. The Morgan fingerprint density at radius 3 is 2.70 bits per heavy atom. The monoisotopic (exact) mass is 337 g/mol. The van der Waals surface area contributed by atoms with Gasteiger partial charge in [0.25, 0.3) is 0 Å². The molecule has 1 aromatic carbocycles. The van der Waals surface area contributed by atoms with Crippen LogP contribution in [0.2, 0.25) is 0 Å². The average Bonchev–Trinajstić information content (AvgIpc) is 2.51. The van der Waals surface area contributed by atoms with Gasteiger partial charge in [-0.05, 0) is 45.0 Å². The van der Waals surface area contributed by atoms with Crippen molar-refractivity contribution < 1.29 is 13.2 Å². The van der Waals surface area contributed by atoms with Crippen LogP contribution >= 0.6 is 0 Å². The van der Waals surface area contributed by atoms with Gasteiger partial charge in [0.2, 0.25) is 10.0 Å². The largest absolute Gasteiger partial charge is 0.373 e. The van der Waals surface area contributed by atoms with Gasteiger partial charge < -0.3 is 4.74 Å². The van der Waals surface area contributed by atoms with E-state index in [2.05, 4.69) is 9.62 Å². The zero-order valence-corrected chi connectivity index (χ0v) is 14.3. The van der Waals surface area contributed by atoms with Crippen LogP contribution in [0.25, 0.3) is 0 Å². The minimum Gasteiger partial charge on any atom is -0.373 e. The van der Waals surface area contributed by atoms with Crippen molar-refractivity contribution in [2.75, 3.05) is 26.2 Å². The van der Waals surface area contributed by atoms with Crippen LogP contribution in [0.15, 0.2) is 29.2 Å². The fraction of sp³-hybridized carbons (Fsp3) is 0.562. The third kappa shape index (κ3) is 5.29. The number of nitrogens with zero attached hydrogens (tertiary/aromatic N) is 2. The molecule has 1 fully saturated rings. The topological polar surface area (TPSA) is 82.4 Å². The van der Waals surface area contributed by atoms with Crippen LogP contribution in [0, 0.1) is 11.3 Å². The SMILES string of the molecule is CC1CN(CCCNS(=O)(=O)c2cccc(C#N)c2)CC(C)O1. The number of rotatable bonds is 6. The van der Waals surface area contributed by atoms with Crippen LogP contribution in [-0.2, 0) is 14.8 Å². The Kier molecular flexibility index (Phi) is 6.13. The predicted molar refractivity (Wildman–Crippen MR) is 87.4 cm³/mol. The van der Waals surface area contributed by atoms with Gasteiger partial charge in [0.05, 0.1) is 28.7 Å². The number of hydrogen-bond acceptors (Lipinski definition) is 5. The van der Waals surface area contributed by atoms with Crippen molar-refractivity contribution in [3.8, 4) is 6.07 Å². The number of benzene rings is 1. The molecule has 0 amide bonds. The molecule has 1 aliphatic rings. The summed E-state index contributed by atoms with van der Waals surface area (Å²) in [5, 5.41) is 8.85. The molecular formula is C16H23N3O3S. The normalized spacial score (nSPS) is 22.7. The quantitative estimate of drug-likeness (QED) is 0.792. The highest BCUT2D eigenvalue weighted by Crippen LogP contribution is 2.12. The second kappa shape index (κ2) is 7.88. The fourth-order valence-corrected chi connectivity index (χ4v) is 3.91. The summed E-state index contributed by atoms with van der Waals surface area (Å²) in [4.78, 5) is 2.42. The van der Waals surface area contributed by atoms with Crippen LogP contribution < -0.4 is 4.72 Å². The first-order chi connectivity index (χ1) is 10.9. The van der Waals surface area contributed by atoms with Crippen LogP contribution in [0.3, 0.4) is 0 Å². The van der Waals surface area contributed by atoms with Crippen LogP contribution in [-0.4, -0.2) is 51.7 Å². The van der Waals surface area contributed by atoms with E-state index in [0.29, 0.717) is 12.1 Å². The zero-order valence-electron chi connectivity index (χ0n) is 13.5. The highest BCUT2D eigenvalue weighted by Gasteiger charge is 2.21. The third-order valence-electron chi connectivity index (χ3n) is 3.71. The lowest BCUT2D eigenvalue weighted by molar-refractivity contribution is -0.0679. The molecule has 2 atom stereocenters. The molecule has 1 heterocycles. The Hall–Kier alpha value is -1.46. The predicted octanol–water partition coefficient (Wildman–Crippen LogP) is 1.34. The molecule has 0 bridgehead atoms. The smallest absolute Gasteiger partial charge is 0.240 e. The first kappa shape index (κ1) is 17.9. The first-order valence-corrected chi connectivity index (χ1v) is 9.26. The van der Waals surface area contributed by atoms with Gasteiger partial charge in [0.1, 0.15) is 0 Å². The van der Waals surface area contributed by atoms with Crippen molar-refractivity contribution in [2.24, 2.45) is 0 Å². The minimum absolute atomic E-state index is 0.130. The fourth-order valence-electron chi connectivity index (χ4n) is 2.79. The minimum atomic E-state index is -3.56. The molecule has 0 saturated carbocycles. The van der Waals surface area contributed by atoms with Gasteiger partial charge in [-0.3, -0.25) is 4.90 Å². The maximum Gasteiger partial charge on any atom is 0.240 e. The summed E-state index contributed by atoms with van der Waals surface area (Å²) in [7, 11) is -3.56. The van der Waals surface area contributed by atoms with Crippen molar-refractivity contribution in [3.05, 3.63) is 29.8 Å². The Bertz CT molecular complexity index is 659. The highest BCUT2D eigenvalue weighted by molar-refractivity contribution is 7.89. The molecule has 0 spiro atoms. The standard InChI is InChI=1S/C16H23N3O3S/c1-13-11-19(12-14(2)22-13)8-4-7-18-23(20,21)16-6-3-5-15(9-16)10-17/h3,5-6,9,13-14,18H,4,7-8,11-12H2,1-2H3. The summed E-state index contributed by atoms with van der Waals surface area (Å²) in [6.07, 6.45) is 1.16. The molecular weight excluding hydrogens is 314 g/mol. The van der Waals surface area contributed by atoms with E-state index < -0.39 is 10.0 Å². The van der Waals surface area contributed by atoms with E-state index in [-0.39, 0.29) is 17.1 Å². The molecule has 7 heteroatoms. The lowest BCUT2D eigenvalue weighted by Crippen LogP contribution is -2.46. The van der Waals surface area contributed by atoms with E-state index in [1.165, 1.54) is 12.1 Å². The van der Waals surface area contributed by atoms with Crippen molar-refractivity contribution in [3.63, 3.8) is 0 Å². The third-order valence-corrected chi connectivity index (χ3v) is 5.17. The Morgan fingerprint density at radius 1 is 1.35 bits per heavy atom. The summed E-state index contributed by atoms with van der Waals surface area (Å²) in [5.41, 5.74) is 0.337. The molecule has 126 valence electrons. The van der Waals surface area contributed by atoms with Crippen LogP contribution in [0.1, 0.15) is 25.8 Å². The Morgan fingerprint density at radius 2 is 2.04 bits per heavy atom. The summed E-state index contributed by atoms with van der Waals surface area (Å²) in [6, 6.07) is 7.98. The van der Waals surface area contributed by atoms with Crippen LogP contribution in [0.5, 0.6) is 0 Å². The van der Waals surface area contributed by atoms with Gasteiger partial charge in [-0.25, -0.2) is 13.1 Å². The lowest BCUT2D eigenvalue weighted by Gasteiger charge is -2.35. The maximum absolute atomic E-state index is 12.2. The van der Waals surface area contributed by atoms with E-state index in [1.54, 1.807) is 12.1 Å². The molecule has 0 aliphatic carbocycles. The lowest BCUT2D eigenvalue weighted by atomic mass is 10.2. The Labute approximate surface area is 138 Å². The summed E-state index contributed by atoms with van der Waals surface area (Å²) in [5.74, 6) is 0. The molecule has 0 aromatic heterocycles. The molecule has 2 rings (SSSR count). The molecule has 1 aliphatic heterocycles. The zero-order chi connectivity index (χ0) is 16.9. The molecule has 1 saturated heterocycles. The molecule has 0 radical (unpaired) electrons. The second-order valence-electron chi connectivity index (χ2n) is 5.91.